The number of aromatic carboxylic acids is 1. The van der Waals surface area contributed by atoms with Crippen molar-refractivity contribution in [1.82, 2.24) is 4.98 Å². The fourth-order valence-electron chi connectivity index (χ4n) is 3.90. The maximum absolute atomic E-state index is 11.4. The Kier molecular flexibility index (Phi) is 6.39. The van der Waals surface area contributed by atoms with Gasteiger partial charge in [0.25, 0.3) is 0 Å². The van der Waals surface area contributed by atoms with E-state index in [0.29, 0.717) is 30.4 Å². The molecule has 0 fully saturated rings. The van der Waals surface area contributed by atoms with Gasteiger partial charge < -0.3 is 14.6 Å². The Hall–Kier alpha value is -4.64. The fourth-order valence-corrected chi connectivity index (χ4v) is 3.90. The molecule has 4 aromatic carbocycles. The van der Waals surface area contributed by atoms with Crippen LogP contribution in [0, 0.1) is 0 Å². The first-order valence-electron chi connectivity index (χ1n) is 11.3. The van der Waals surface area contributed by atoms with Crippen LogP contribution in [0.1, 0.15) is 21.5 Å². The number of carboxylic acid groups (broad SMARTS) is 1. The smallest absolute Gasteiger partial charge is 0.335 e. The average Bonchev–Trinajstić information content (AvgIpc) is 2.91. The second-order valence-electron chi connectivity index (χ2n) is 8.07. The van der Waals surface area contributed by atoms with Gasteiger partial charge in [-0.05, 0) is 41.0 Å². The van der Waals surface area contributed by atoms with E-state index in [1.54, 1.807) is 24.3 Å². The van der Waals surface area contributed by atoms with Crippen LogP contribution in [-0.2, 0) is 13.2 Å². The van der Waals surface area contributed by atoms with Crippen molar-refractivity contribution in [3.63, 3.8) is 0 Å². The van der Waals surface area contributed by atoms with Gasteiger partial charge in [-0.3, -0.25) is 0 Å². The summed E-state index contributed by atoms with van der Waals surface area (Å²) in [5.41, 5.74) is 4.46. The number of nitrogens with zero attached hydrogens (tertiary/aromatic N) is 1. The monoisotopic (exact) mass is 461 g/mol. The van der Waals surface area contributed by atoms with E-state index in [4.69, 9.17) is 14.5 Å². The van der Waals surface area contributed by atoms with Gasteiger partial charge in [0.2, 0.25) is 5.88 Å². The van der Waals surface area contributed by atoms with E-state index in [0.717, 1.165) is 27.6 Å². The molecule has 0 radical (unpaired) electrons. The van der Waals surface area contributed by atoms with E-state index in [1.807, 2.05) is 84.9 Å². The molecule has 0 saturated carbocycles. The lowest BCUT2D eigenvalue weighted by Gasteiger charge is -2.18. The number of hydrogen-bond acceptors (Lipinski definition) is 4. The van der Waals surface area contributed by atoms with Gasteiger partial charge in [-0.2, -0.15) is 0 Å². The molecule has 172 valence electrons. The molecule has 0 aliphatic carbocycles. The van der Waals surface area contributed by atoms with Gasteiger partial charge >= 0.3 is 5.97 Å². The van der Waals surface area contributed by atoms with Crippen LogP contribution >= 0.6 is 0 Å². The first-order chi connectivity index (χ1) is 17.2. The Morgan fingerprint density at radius 2 is 1.26 bits per heavy atom. The summed E-state index contributed by atoms with van der Waals surface area (Å²) in [4.78, 5) is 16.2. The molecule has 35 heavy (non-hydrogen) atoms. The van der Waals surface area contributed by atoms with Crippen molar-refractivity contribution in [2.24, 2.45) is 0 Å². The third-order valence-electron chi connectivity index (χ3n) is 5.68. The number of ether oxygens (including phenoxy) is 2. The molecule has 0 spiro atoms. The van der Waals surface area contributed by atoms with Crippen LogP contribution in [0.3, 0.4) is 0 Å². The quantitative estimate of drug-likeness (QED) is 0.277. The number of para-hydroxylation sites is 1. The van der Waals surface area contributed by atoms with E-state index in [1.165, 1.54) is 0 Å². The van der Waals surface area contributed by atoms with Crippen molar-refractivity contribution in [3.8, 4) is 22.8 Å². The number of benzene rings is 4. The van der Waals surface area contributed by atoms with Crippen molar-refractivity contribution in [2.75, 3.05) is 0 Å². The Balaban J connectivity index is 1.64. The third kappa shape index (κ3) is 4.99. The Morgan fingerprint density at radius 3 is 1.89 bits per heavy atom. The molecule has 0 unspecified atom stereocenters. The van der Waals surface area contributed by atoms with Crippen LogP contribution < -0.4 is 9.47 Å². The zero-order chi connectivity index (χ0) is 24.0. The maximum Gasteiger partial charge on any atom is 0.335 e. The minimum absolute atomic E-state index is 0.209. The van der Waals surface area contributed by atoms with Gasteiger partial charge in [0.05, 0.1) is 16.6 Å². The number of fused-ring (bicyclic) bond motifs is 1. The number of aromatic nitrogens is 1. The summed E-state index contributed by atoms with van der Waals surface area (Å²) < 4.78 is 12.7. The lowest BCUT2D eigenvalue weighted by atomic mass is 10.0. The summed E-state index contributed by atoms with van der Waals surface area (Å²) in [6, 6.07) is 34.3. The lowest BCUT2D eigenvalue weighted by Crippen LogP contribution is -2.04. The van der Waals surface area contributed by atoms with Crippen LogP contribution in [-0.4, -0.2) is 16.1 Å². The molecule has 1 heterocycles. The number of carboxylic acids is 1. The number of pyridine rings is 1. The molecule has 5 rings (SSSR count). The molecular weight excluding hydrogens is 438 g/mol. The van der Waals surface area contributed by atoms with Crippen molar-refractivity contribution < 1.29 is 19.4 Å². The first kappa shape index (κ1) is 22.2. The number of rotatable bonds is 8. The molecule has 5 nitrogen and oxygen atoms in total. The first-order valence-corrected chi connectivity index (χ1v) is 11.3. The Bertz CT molecular complexity index is 1450. The van der Waals surface area contributed by atoms with Crippen LogP contribution in [0.2, 0.25) is 0 Å². The van der Waals surface area contributed by atoms with E-state index < -0.39 is 5.97 Å². The summed E-state index contributed by atoms with van der Waals surface area (Å²) in [5.74, 6) is 0.0959. The van der Waals surface area contributed by atoms with Crippen LogP contribution in [0.5, 0.6) is 11.6 Å². The van der Waals surface area contributed by atoms with Gasteiger partial charge in [-0.1, -0.05) is 84.9 Å². The Labute approximate surface area is 203 Å². The molecule has 5 heteroatoms. The summed E-state index contributed by atoms with van der Waals surface area (Å²) in [6.45, 7) is 0.706. The van der Waals surface area contributed by atoms with Gasteiger partial charge in [-0.25, -0.2) is 9.78 Å². The van der Waals surface area contributed by atoms with Crippen LogP contribution in [0.25, 0.3) is 22.0 Å². The molecule has 0 amide bonds. The van der Waals surface area contributed by atoms with E-state index >= 15 is 0 Å². The van der Waals surface area contributed by atoms with Gasteiger partial charge in [0, 0.05) is 5.39 Å². The maximum atomic E-state index is 11.4. The van der Waals surface area contributed by atoms with E-state index in [9.17, 15) is 9.90 Å². The zero-order valence-corrected chi connectivity index (χ0v) is 18.9. The molecule has 0 aliphatic rings. The molecule has 0 aliphatic heterocycles. The predicted octanol–water partition coefficient (Wildman–Crippen LogP) is 6.76. The molecule has 5 aromatic rings. The van der Waals surface area contributed by atoms with E-state index in [2.05, 4.69) is 0 Å². The van der Waals surface area contributed by atoms with Gasteiger partial charge in [-0.15, -0.1) is 0 Å². The molecule has 0 atom stereocenters. The third-order valence-corrected chi connectivity index (χ3v) is 5.68. The van der Waals surface area contributed by atoms with Gasteiger partial charge in [0.1, 0.15) is 19.0 Å². The molecule has 1 N–H and O–H groups in total. The highest BCUT2D eigenvalue weighted by Gasteiger charge is 2.20. The van der Waals surface area contributed by atoms with Crippen molar-refractivity contribution in [3.05, 3.63) is 126 Å². The SMILES string of the molecule is O=C(O)c1ccc(-c2c(OCc3ccccc3)nc3ccccc3c2OCc2ccccc2)cc1. The average molecular weight is 462 g/mol. The standard InChI is InChI=1S/C30H23NO4/c32-30(33)24-17-15-23(16-18-24)27-28(34-19-21-9-3-1-4-10-21)25-13-7-8-14-26(25)31-29(27)35-20-22-11-5-2-6-12-22/h1-18H,19-20H2,(H,32,33). The molecule has 0 bridgehead atoms. The van der Waals surface area contributed by atoms with Gasteiger partial charge in [0.15, 0.2) is 0 Å². The van der Waals surface area contributed by atoms with Crippen molar-refractivity contribution in [1.29, 1.82) is 0 Å². The molecular formula is C30H23NO4. The zero-order valence-electron chi connectivity index (χ0n) is 18.9. The van der Waals surface area contributed by atoms with Crippen LogP contribution in [0.4, 0.5) is 0 Å². The predicted molar refractivity (Wildman–Crippen MR) is 136 cm³/mol. The largest absolute Gasteiger partial charge is 0.487 e. The summed E-state index contributed by atoms with van der Waals surface area (Å²) in [5, 5.41) is 10.2. The molecule has 1 aromatic heterocycles. The van der Waals surface area contributed by atoms with Crippen molar-refractivity contribution >= 4 is 16.9 Å². The highest BCUT2D eigenvalue weighted by atomic mass is 16.5. The summed E-state index contributed by atoms with van der Waals surface area (Å²) in [7, 11) is 0. The second kappa shape index (κ2) is 10.1. The minimum atomic E-state index is -0.978. The second-order valence-corrected chi connectivity index (χ2v) is 8.07. The highest BCUT2D eigenvalue weighted by Crippen LogP contribution is 2.43. The fraction of sp³-hybridized carbons (Fsp3) is 0.0667. The summed E-state index contributed by atoms with van der Waals surface area (Å²) >= 11 is 0. The highest BCUT2D eigenvalue weighted by molar-refractivity contribution is 5.95. The summed E-state index contributed by atoms with van der Waals surface area (Å²) in [6.07, 6.45) is 0. The number of hydrogen-bond donors (Lipinski definition) is 1. The Morgan fingerprint density at radius 1 is 0.686 bits per heavy atom. The van der Waals surface area contributed by atoms with Crippen molar-refractivity contribution in [2.45, 2.75) is 13.2 Å². The van der Waals surface area contributed by atoms with E-state index in [-0.39, 0.29) is 5.56 Å². The topological polar surface area (TPSA) is 68.7 Å². The normalized spacial score (nSPS) is 10.7. The molecule has 0 saturated heterocycles. The number of carbonyl (C=O) groups is 1. The lowest BCUT2D eigenvalue weighted by molar-refractivity contribution is 0.0697. The minimum Gasteiger partial charge on any atom is -0.487 e. The van der Waals surface area contributed by atoms with Crippen LogP contribution in [0.15, 0.2) is 109 Å².